The molecule has 0 saturated carbocycles. The van der Waals surface area contributed by atoms with Gasteiger partial charge in [0.2, 0.25) is 0 Å². The van der Waals surface area contributed by atoms with Crippen LogP contribution in [0.3, 0.4) is 0 Å². The zero-order valence-electron chi connectivity index (χ0n) is 10.2. The third-order valence-corrected chi connectivity index (χ3v) is 3.41. The van der Waals surface area contributed by atoms with Crippen molar-refractivity contribution in [3.63, 3.8) is 0 Å². The number of halogens is 1. The van der Waals surface area contributed by atoms with Gasteiger partial charge in [0, 0.05) is 23.3 Å². The van der Waals surface area contributed by atoms with Crippen LogP contribution in [0.2, 0.25) is 0 Å². The maximum atomic E-state index is 13.2. The summed E-state index contributed by atoms with van der Waals surface area (Å²) >= 11 is 1.39. The first-order valence-electron chi connectivity index (χ1n) is 5.58. The van der Waals surface area contributed by atoms with Gasteiger partial charge in [-0.05, 0) is 54.9 Å². The summed E-state index contributed by atoms with van der Waals surface area (Å²) in [7, 11) is 0. The molecular formula is C13H14FN3S. The number of rotatable bonds is 3. The van der Waals surface area contributed by atoms with Crippen molar-refractivity contribution < 1.29 is 4.39 Å². The average Bonchev–Trinajstić information content (AvgIpc) is 2.34. The summed E-state index contributed by atoms with van der Waals surface area (Å²) in [4.78, 5) is 9.31. The van der Waals surface area contributed by atoms with Crippen molar-refractivity contribution in [2.75, 3.05) is 0 Å². The minimum Gasteiger partial charge on any atom is -0.324 e. The summed E-state index contributed by atoms with van der Waals surface area (Å²) in [6, 6.07) is 4.36. The van der Waals surface area contributed by atoms with Crippen LogP contribution in [-0.2, 0) is 0 Å². The summed E-state index contributed by atoms with van der Waals surface area (Å²) in [6.07, 6.45) is 3.51. The van der Waals surface area contributed by atoms with Crippen molar-refractivity contribution in [2.24, 2.45) is 5.73 Å². The van der Waals surface area contributed by atoms with E-state index in [0.29, 0.717) is 5.16 Å². The van der Waals surface area contributed by atoms with Crippen molar-refractivity contribution in [1.29, 1.82) is 0 Å². The lowest BCUT2D eigenvalue weighted by molar-refractivity contribution is 0.619. The van der Waals surface area contributed by atoms with Gasteiger partial charge < -0.3 is 5.73 Å². The van der Waals surface area contributed by atoms with Gasteiger partial charge in [-0.1, -0.05) is 0 Å². The van der Waals surface area contributed by atoms with E-state index < -0.39 is 0 Å². The minimum absolute atomic E-state index is 0.228. The van der Waals surface area contributed by atoms with E-state index in [9.17, 15) is 4.39 Å². The molecule has 3 nitrogen and oxygen atoms in total. The number of hydrogen-bond donors (Lipinski definition) is 1. The predicted molar refractivity (Wildman–Crippen MR) is 69.9 cm³/mol. The molecule has 94 valence electrons. The van der Waals surface area contributed by atoms with E-state index in [4.69, 9.17) is 5.73 Å². The van der Waals surface area contributed by atoms with Crippen LogP contribution in [0.4, 0.5) is 4.39 Å². The summed E-state index contributed by atoms with van der Waals surface area (Å²) in [5.74, 6) is -0.281. The zero-order chi connectivity index (χ0) is 13.1. The van der Waals surface area contributed by atoms with Crippen LogP contribution in [0.1, 0.15) is 24.1 Å². The van der Waals surface area contributed by atoms with Crippen molar-refractivity contribution >= 4 is 11.8 Å². The highest BCUT2D eigenvalue weighted by molar-refractivity contribution is 7.99. The standard InChI is InChI=1S/C13H14FN3S/c1-8-6-16-13(17-7-8)18-12-4-3-10(14)5-11(12)9(2)15/h3-7,9H,15H2,1-2H3/t9-/m1/s1. The molecule has 0 fully saturated rings. The molecule has 0 saturated heterocycles. The van der Waals surface area contributed by atoms with Gasteiger partial charge in [-0.3, -0.25) is 0 Å². The summed E-state index contributed by atoms with van der Waals surface area (Å²) in [5, 5.41) is 0.633. The Morgan fingerprint density at radius 2 is 1.94 bits per heavy atom. The van der Waals surface area contributed by atoms with E-state index >= 15 is 0 Å². The van der Waals surface area contributed by atoms with Crippen molar-refractivity contribution in [2.45, 2.75) is 29.9 Å². The molecule has 0 amide bonds. The summed E-state index contributed by atoms with van der Waals surface area (Å²) < 4.78 is 13.2. The van der Waals surface area contributed by atoms with E-state index in [-0.39, 0.29) is 11.9 Å². The van der Waals surface area contributed by atoms with Gasteiger partial charge in [0.1, 0.15) is 5.82 Å². The highest BCUT2D eigenvalue weighted by Crippen LogP contribution is 2.31. The number of benzene rings is 1. The SMILES string of the molecule is Cc1cnc(Sc2ccc(F)cc2[C@@H](C)N)nc1. The van der Waals surface area contributed by atoms with Gasteiger partial charge in [-0.15, -0.1) is 0 Å². The van der Waals surface area contributed by atoms with Crippen LogP contribution in [0, 0.1) is 12.7 Å². The van der Waals surface area contributed by atoms with E-state index in [1.807, 2.05) is 13.8 Å². The quantitative estimate of drug-likeness (QED) is 0.865. The van der Waals surface area contributed by atoms with Crippen LogP contribution < -0.4 is 5.73 Å². The van der Waals surface area contributed by atoms with E-state index in [1.165, 1.54) is 23.9 Å². The summed E-state index contributed by atoms with van der Waals surface area (Å²) in [5.41, 5.74) is 7.61. The Kier molecular flexibility index (Phi) is 3.93. The van der Waals surface area contributed by atoms with Gasteiger partial charge >= 0.3 is 0 Å². The van der Waals surface area contributed by atoms with Crippen molar-refractivity contribution in [1.82, 2.24) is 9.97 Å². The average molecular weight is 263 g/mol. The van der Waals surface area contributed by atoms with E-state index in [2.05, 4.69) is 9.97 Å². The molecule has 5 heteroatoms. The zero-order valence-corrected chi connectivity index (χ0v) is 11.0. The highest BCUT2D eigenvalue weighted by atomic mass is 32.2. The molecule has 1 heterocycles. The Bertz CT molecular complexity index is 540. The third kappa shape index (κ3) is 3.05. The molecule has 2 aromatic rings. The topological polar surface area (TPSA) is 51.8 Å². The number of nitrogens with zero attached hydrogens (tertiary/aromatic N) is 2. The van der Waals surface area contributed by atoms with Crippen molar-refractivity contribution in [3.05, 3.63) is 47.5 Å². The minimum atomic E-state index is -0.281. The molecule has 0 radical (unpaired) electrons. The molecule has 18 heavy (non-hydrogen) atoms. The fourth-order valence-electron chi connectivity index (χ4n) is 1.50. The number of aryl methyl sites for hydroxylation is 1. The molecule has 2 rings (SSSR count). The second kappa shape index (κ2) is 5.46. The lowest BCUT2D eigenvalue weighted by atomic mass is 10.1. The van der Waals surface area contributed by atoms with Gasteiger partial charge in [0.15, 0.2) is 5.16 Å². The maximum Gasteiger partial charge on any atom is 0.192 e. The van der Waals surface area contributed by atoms with Crippen LogP contribution >= 0.6 is 11.8 Å². The van der Waals surface area contributed by atoms with Crippen LogP contribution in [0.25, 0.3) is 0 Å². The first-order chi connectivity index (χ1) is 8.56. The maximum absolute atomic E-state index is 13.2. The highest BCUT2D eigenvalue weighted by Gasteiger charge is 2.10. The van der Waals surface area contributed by atoms with E-state index in [0.717, 1.165) is 16.0 Å². The molecule has 0 unspecified atom stereocenters. The second-order valence-corrected chi connectivity index (χ2v) is 5.12. The van der Waals surface area contributed by atoms with Gasteiger partial charge in [-0.25, -0.2) is 14.4 Å². The van der Waals surface area contributed by atoms with Gasteiger partial charge in [0.25, 0.3) is 0 Å². The smallest absolute Gasteiger partial charge is 0.192 e. The molecule has 0 spiro atoms. The Labute approximate surface area is 110 Å². The molecule has 0 aliphatic heterocycles. The van der Waals surface area contributed by atoms with E-state index in [1.54, 1.807) is 18.5 Å². The molecule has 2 N–H and O–H groups in total. The van der Waals surface area contributed by atoms with Gasteiger partial charge in [0.05, 0.1) is 0 Å². The first kappa shape index (κ1) is 13.0. The van der Waals surface area contributed by atoms with Gasteiger partial charge in [-0.2, -0.15) is 0 Å². The second-order valence-electron chi connectivity index (χ2n) is 4.12. The van der Waals surface area contributed by atoms with Crippen LogP contribution in [-0.4, -0.2) is 9.97 Å². The normalized spacial score (nSPS) is 12.4. The molecular weight excluding hydrogens is 249 g/mol. The summed E-state index contributed by atoms with van der Waals surface area (Å²) in [6.45, 7) is 3.76. The molecule has 1 atom stereocenters. The fraction of sp³-hybridized carbons (Fsp3) is 0.231. The Hall–Kier alpha value is -1.46. The Balaban J connectivity index is 2.31. The van der Waals surface area contributed by atoms with Crippen LogP contribution in [0.15, 0.2) is 40.6 Å². The number of nitrogens with two attached hydrogens (primary N) is 1. The molecule has 0 bridgehead atoms. The molecule has 1 aromatic heterocycles. The Morgan fingerprint density at radius 3 is 2.56 bits per heavy atom. The predicted octanol–water partition coefficient (Wildman–Crippen LogP) is 3.10. The van der Waals surface area contributed by atoms with Crippen molar-refractivity contribution in [3.8, 4) is 0 Å². The molecule has 0 aliphatic carbocycles. The fourth-order valence-corrected chi connectivity index (χ4v) is 2.41. The third-order valence-electron chi connectivity index (χ3n) is 2.42. The molecule has 1 aromatic carbocycles. The lowest BCUT2D eigenvalue weighted by Gasteiger charge is -2.11. The monoisotopic (exact) mass is 263 g/mol. The number of hydrogen-bond acceptors (Lipinski definition) is 4. The lowest BCUT2D eigenvalue weighted by Crippen LogP contribution is -2.07. The molecule has 0 aliphatic rings. The largest absolute Gasteiger partial charge is 0.324 e. The number of aromatic nitrogens is 2. The first-order valence-corrected chi connectivity index (χ1v) is 6.39. The van der Waals surface area contributed by atoms with Crippen LogP contribution in [0.5, 0.6) is 0 Å². The Morgan fingerprint density at radius 1 is 1.28 bits per heavy atom.